The highest BCUT2D eigenvalue weighted by molar-refractivity contribution is 6.03. The average molecular weight is 235 g/mol. The SMILES string of the molecule is C=CCN1C[C@H]2CN=NC23C(=O)NC(=O)N[C@H]13. The molecule has 0 bridgehead atoms. The second-order valence-corrected chi connectivity index (χ2v) is 4.52. The molecule has 0 radical (unpaired) electrons. The van der Waals surface area contributed by atoms with Gasteiger partial charge in [-0.15, -0.1) is 6.58 Å². The Bertz CT molecular complexity index is 434. The Labute approximate surface area is 97.9 Å². The van der Waals surface area contributed by atoms with Crippen LogP contribution >= 0.6 is 0 Å². The van der Waals surface area contributed by atoms with E-state index in [1.807, 2.05) is 4.90 Å². The maximum Gasteiger partial charge on any atom is 0.322 e. The lowest BCUT2D eigenvalue weighted by Gasteiger charge is -2.36. The molecule has 3 atom stereocenters. The number of urea groups is 1. The van der Waals surface area contributed by atoms with Crippen LogP contribution in [-0.2, 0) is 4.79 Å². The molecular formula is C10H13N5O2. The highest BCUT2D eigenvalue weighted by Crippen LogP contribution is 2.41. The molecule has 2 N–H and O–H groups in total. The van der Waals surface area contributed by atoms with Crippen LogP contribution in [0, 0.1) is 5.92 Å². The Hall–Kier alpha value is -1.76. The lowest BCUT2D eigenvalue weighted by molar-refractivity contribution is -0.128. The summed E-state index contributed by atoms with van der Waals surface area (Å²) >= 11 is 0. The number of nitrogens with zero attached hydrogens (tertiary/aromatic N) is 3. The molecule has 0 aromatic carbocycles. The highest BCUT2D eigenvalue weighted by atomic mass is 16.2. The summed E-state index contributed by atoms with van der Waals surface area (Å²) in [5, 5.41) is 13.1. The van der Waals surface area contributed by atoms with Crippen molar-refractivity contribution in [1.82, 2.24) is 15.5 Å². The van der Waals surface area contributed by atoms with Crippen molar-refractivity contribution in [2.24, 2.45) is 16.1 Å². The predicted octanol–water partition coefficient (Wildman–Crippen LogP) is -0.526. The number of hydrogen-bond donors (Lipinski definition) is 2. The third kappa shape index (κ3) is 1.20. The Morgan fingerprint density at radius 3 is 3.18 bits per heavy atom. The molecule has 2 fully saturated rings. The first kappa shape index (κ1) is 10.4. The molecule has 0 aromatic rings. The molecule has 7 nitrogen and oxygen atoms in total. The fourth-order valence-electron chi connectivity index (χ4n) is 2.88. The molecule has 1 unspecified atom stereocenters. The standard InChI is InChI=1S/C10H13N5O2/c1-2-3-15-5-6-4-11-14-10(6)7(15)12-9(17)13-8(10)16/h2,6-7H,1,3-5H2,(H2,12,13,16,17)/t6-,7-,10?/m1/s1. The molecule has 3 rings (SSSR count). The Morgan fingerprint density at radius 2 is 2.41 bits per heavy atom. The quantitative estimate of drug-likeness (QED) is 0.631. The van der Waals surface area contributed by atoms with Gasteiger partial charge in [-0.3, -0.25) is 15.0 Å². The van der Waals surface area contributed by atoms with E-state index in [9.17, 15) is 9.59 Å². The van der Waals surface area contributed by atoms with Crippen LogP contribution in [0.5, 0.6) is 0 Å². The summed E-state index contributed by atoms with van der Waals surface area (Å²) in [6.07, 6.45) is 1.35. The lowest BCUT2D eigenvalue weighted by Crippen LogP contribution is -2.69. The fourth-order valence-corrected chi connectivity index (χ4v) is 2.88. The van der Waals surface area contributed by atoms with Crippen LogP contribution in [0.4, 0.5) is 4.79 Å². The normalized spacial score (nSPS) is 39.5. The number of amides is 3. The first-order valence-electron chi connectivity index (χ1n) is 5.54. The maximum absolute atomic E-state index is 12.1. The van der Waals surface area contributed by atoms with Gasteiger partial charge in [-0.05, 0) is 0 Å². The number of rotatable bonds is 2. The van der Waals surface area contributed by atoms with E-state index in [1.54, 1.807) is 6.08 Å². The van der Waals surface area contributed by atoms with Crippen LogP contribution in [0.2, 0.25) is 0 Å². The van der Waals surface area contributed by atoms with Gasteiger partial charge in [0.15, 0.2) is 5.54 Å². The number of nitrogens with one attached hydrogen (secondary N) is 2. The third-order valence-corrected chi connectivity index (χ3v) is 3.62. The van der Waals surface area contributed by atoms with E-state index < -0.39 is 17.7 Å². The average Bonchev–Trinajstić information content (AvgIpc) is 2.78. The largest absolute Gasteiger partial charge is 0.322 e. The summed E-state index contributed by atoms with van der Waals surface area (Å²) in [4.78, 5) is 25.5. The summed E-state index contributed by atoms with van der Waals surface area (Å²) in [5.74, 6) is -0.308. The van der Waals surface area contributed by atoms with E-state index in [0.29, 0.717) is 19.6 Å². The number of carbonyl (C=O) groups is 2. The summed E-state index contributed by atoms with van der Waals surface area (Å²) in [6.45, 7) is 5.53. The minimum atomic E-state index is -0.934. The van der Waals surface area contributed by atoms with Gasteiger partial charge < -0.3 is 5.32 Å². The second kappa shape index (κ2) is 3.36. The van der Waals surface area contributed by atoms with Crippen molar-refractivity contribution in [2.45, 2.75) is 11.7 Å². The number of imide groups is 1. The van der Waals surface area contributed by atoms with Crippen molar-refractivity contribution in [3.63, 3.8) is 0 Å². The maximum atomic E-state index is 12.1. The second-order valence-electron chi connectivity index (χ2n) is 4.52. The van der Waals surface area contributed by atoms with E-state index in [4.69, 9.17) is 0 Å². The van der Waals surface area contributed by atoms with Crippen molar-refractivity contribution in [2.75, 3.05) is 19.6 Å². The van der Waals surface area contributed by atoms with Gasteiger partial charge in [-0.1, -0.05) is 6.08 Å². The van der Waals surface area contributed by atoms with Gasteiger partial charge in [0.05, 0.1) is 6.54 Å². The monoisotopic (exact) mass is 235 g/mol. The van der Waals surface area contributed by atoms with Crippen LogP contribution < -0.4 is 10.6 Å². The summed E-state index contributed by atoms with van der Waals surface area (Å²) in [5.41, 5.74) is -0.934. The molecule has 90 valence electrons. The molecule has 2 saturated heterocycles. The molecule has 0 aliphatic carbocycles. The van der Waals surface area contributed by atoms with Gasteiger partial charge in [0.1, 0.15) is 6.17 Å². The van der Waals surface area contributed by atoms with E-state index in [-0.39, 0.29) is 11.8 Å². The molecule has 3 aliphatic rings. The minimum absolute atomic E-state index is 0.0352. The van der Waals surface area contributed by atoms with Gasteiger partial charge in [0.25, 0.3) is 5.91 Å². The van der Waals surface area contributed by atoms with Crippen LogP contribution in [0.25, 0.3) is 0 Å². The fraction of sp³-hybridized carbons (Fsp3) is 0.600. The molecule has 0 aromatic heterocycles. The highest BCUT2D eigenvalue weighted by Gasteiger charge is 2.64. The molecular weight excluding hydrogens is 222 g/mol. The number of carbonyl (C=O) groups excluding carboxylic acids is 2. The lowest BCUT2D eigenvalue weighted by atomic mass is 9.84. The number of azo groups is 1. The van der Waals surface area contributed by atoms with E-state index in [0.717, 1.165) is 0 Å². The van der Waals surface area contributed by atoms with Crippen molar-refractivity contribution in [1.29, 1.82) is 0 Å². The van der Waals surface area contributed by atoms with Crippen molar-refractivity contribution in [3.05, 3.63) is 12.7 Å². The minimum Gasteiger partial charge on any atom is -0.319 e. The van der Waals surface area contributed by atoms with Gasteiger partial charge in [-0.2, -0.15) is 10.2 Å². The smallest absolute Gasteiger partial charge is 0.319 e. The van der Waals surface area contributed by atoms with Crippen LogP contribution in [0.1, 0.15) is 0 Å². The molecule has 0 saturated carbocycles. The van der Waals surface area contributed by atoms with E-state index >= 15 is 0 Å². The Morgan fingerprint density at radius 1 is 1.59 bits per heavy atom. The van der Waals surface area contributed by atoms with Crippen molar-refractivity contribution < 1.29 is 9.59 Å². The first-order valence-corrected chi connectivity index (χ1v) is 5.54. The molecule has 1 spiro atoms. The van der Waals surface area contributed by atoms with Gasteiger partial charge >= 0.3 is 6.03 Å². The Balaban J connectivity index is 2.01. The molecule has 3 amide bonds. The zero-order valence-electron chi connectivity index (χ0n) is 9.22. The summed E-state index contributed by atoms with van der Waals surface area (Å²) in [6, 6.07) is -0.470. The number of hydrogen-bond acceptors (Lipinski definition) is 5. The number of likely N-dealkylation sites (tertiary alicyclic amines) is 1. The van der Waals surface area contributed by atoms with E-state index in [2.05, 4.69) is 27.4 Å². The van der Waals surface area contributed by atoms with E-state index in [1.165, 1.54) is 0 Å². The van der Waals surface area contributed by atoms with Crippen LogP contribution in [-0.4, -0.2) is 48.2 Å². The topological polar surface area (TPSA) is 86.2 Å². The van der Waals surface area contributed by atoms with Crippen molar-refractivity contribution in [3.8, 4) is 0 Å². The van der Waals surface area contributed by atoms with Crippen LogP contribution in [0.3, 0.4) is 0 Å². The predicted molar refractivity (Wildman–Crippen MR) is 58.2 cm³/mol. The van der Waals surface area contributed by atoms with Gasteiger partial charge in [-0.25, -0.2) is 4.79 Å². The first-order chi connectivity index (χ1) is 8.18. The zero-order chi connectivity index (χ0) is 12.0. The van der Waals surface area contributed by atoms with Gasteiger partial charge in [0, 0.05) is 19.0 Å². The molecule has 3 heterocycles. The van der Waals surface area contributed by atoms with Crippen LogP contribution in [0.15, 0.2) is 22.9 Å². The Kier molecular flexibility index (Phi) is 2.06. The van der Waals surface area contributed by atoms with Gasteiger partial charge in [0.2, 0.25) is 0 Å². The zero-order valence-corrected chi connectivity index (χ0v) is 9.22. The van der Waals surface area contributed by atoms with Crippen molar-refractivity contribution >= 4 is 11.9 Å². The molecule has 3 aliphatic heterocycles. The molecule has 17 heavy (non-hydrogen) atoms. The summed E-state index contributed by atoms with van der Waals surface area (Å²) in [7, 11) is 0. The third-order valence-electron chi connectivity index (χ3n) is 3.62. The molecule has 7 heteroatoms. The summed E-state index contributed by atoms with van der Waals surface area (Å²) < 4.78 is 0.